The van der Waals surface area contributed by atoms with Crippen molar-refractivity contribution < 1.29 is 4.79 Å². The minimum absolute atomic E-state index is 0. The third kappa shape index (κ3) is 5.35. The molecule has 0 aliphatic rings. The van der Waals surface area contributed by atoms with Crippen molar-refractivity contribution in [3.8, 4) is 0 Å². The van der Waals surface area contributed by atoms with E-state index in [1.54, 1.807) is 6.92 Å². The SMILES string of the molecule is CC(N)C(=O)NCCc1ccc(Cl)cc1.Cl. The molecular weight excluding hydrogens is 247 g/mol. The average Bonchev–Trinajstić information content (AvgIpc) is 2.20. The molecule has 0 aliphatic heterocycles. The quantitative estimate of drug-likeness (QED) is 0.869. The summed E-state index contributed by atoms with van der Waals surface area (Å²) < 4.78 is 0. The maximum Gasteiger partial charge on any atom is 0.236 e. The molecule has 1 rings (SSSR count). The van der Waals surface area contributed by atoms with Crippen molar-refractivity contribution in [2.45, 2.75) is 19.4 Å². The van der Waals surface area contributed by atoms with Gasteiger partial charge in [-0.1, -0.05) is 23.7 Å². The third-order valence-corrected chi connectivity index (χ3v) is 2.29. The van der Waals surface area contributed by atoms with E-state index in [0.29, 0.717) is 6.54 Å². The number of halogens is 2. The average molecular weight is 263 g/mol. The molecule has 1 amide bonds. The third-order valence-electron chi connectivity index (χ3n) is 2.04. The molecule has 5 heteroatoms. The zero-order valence-corrected chi connectivity index (χ0v) is 10.6. The summed E-state index contributed by atoms with van der Waals surface area (Å²) in [7, 11) is 0. The molecule has 0 spiro atoms. The molecule has 16 heavy (non-hydrogen) atoms. The summed E-state index contributed by atoms with van der Waals surface area (Å²) in [5.74, 6) is -0.121. The summed E-state index contributed by atoms with van der Waals surface area (Å²) in [5, 5.41) is 3.47. The van der Waals surface area contributed by atoms with Crippen molar-refractivity contribution in [1.82, 2.24) is 5.32 Å². The van der Waals surface area contributed by atoms with E-state index in [4.69, 9.17) is 17.3 Å². The van der Waals surface area contributed by atoms with Crippen molar-refractivity contribution in [2.24, 2.45) is 5.73 Å². The van der Waals surface area contributed by atoms with Crippen LogP contribution < -0.4 is 11.1 Å². The van der Waals surface area contributed by atoms with Gasteiger partial charge in [-0.05, 0) is 31.0 Å². The summed E-state index contributed by atoms with van der Waals surface area (Å²) in [5.41, 5.74) is 6.55. The van der Waals surface area contributed by atoms with Crippen LogP contribution >= 0.6 is 24.0 Å². The lowest BCUT2D eigenvalue weighted by molar-refractivity contribution is -0.121. The van der Waals surface area contributed by atoms with Gasteiger partial charge < -0.3 is 11.1 Å². The Balaban J connectivity index is 0.00000225. The number of benzene rings is 1. The lowest BCUT2D eigenvalue weighted by Gasteiger charge is -2.07. The summed E-state index contributed by atoms with van der Waals surface area (Å²) >= 11 is 5.75. The van der Waals surface area contributed by atoms with Crippen LogP contribution in [0.15, 0.2) is 24.3 Å². The summed E-state index contributed by atoms with van der Waals surface area (Å²) in [6.45, 7) is 2.26. The molecule has 3 nitrogen and oxygen atoms in total. The van der Waals surface area contributed by atoms with Crippen molar-refractivity contribution >= 4 is 29.9 Å². The van der Waals surface area contributed by atoms with Crippen LogP contribution in [0.3, 0.4) is 0 Å². The number of nitrogens with two attached hydrogens (primary N) is 1. The van der Waals surface area contributed by atoms with E-state index in [9.17, 15) is 4.79 Å². The predicted octanol–water partition coefficient (Wildman–Crippen LogP) is 1.77. The normalized spacial score (nSPS) is 11.4. The van der Waals surface area contributed by atoms with Gasteiger partial charge in [0.1, 0.15) is 0 Å². The first-order chi connectivity index (χ1) is 7.09. The Kier molecular flexibility index (Phi) is 7.13. The number of carbonyl (C=O) groups excluding carboxylic acids is 1. The molecule has 1 aromatic rings. The molecule has 0 aliphatic carbocycles. The second-order valence-electron chi connectivity index (χ2n) is 3.46. The van der Waals surface area contributed by atoms with Gasteiger partial charge in [0.05, 0.1) is 6.04 Å². The van der Waals surface area contributed by atoms with Crippen LogP contribution in [0.2, 0.25) is 5.02 Å². The van der Waals surface area contributed by atoms with Gasteiger partial charge in [-0.25, -0.2) is 0 Å². The molecular formula is C11H16Cl2N2O. The van der Waals surface area contributed by atoms with Gasteiger partial charge in [-0.15, -0.1) is 12.4 Å². The topological polar surface area (TPSA) is 55.1 Å². The van der Waals surface area contributed by atoms with Crippen molar-refractivity contribution in [3.05, 3.63) is 34.9 Å². The van der Waals surface area contributed by atoms with Crippen molar-refractivity contribution in [3.63, 3.8) is 0 Å². The highest BCUT2D eigenvalue weighted by atomic mass is 35.5. The molecule has 1 atom stereocenters. The standard InChI is InChI=1S/C11H15ClN2O.ClH/c1-8(13)11(15)14-7-6-9-2-4-10(12)5-3-9;/h2-5,8H,6-7,13H2,1H3,(H,14,15);1H. The maximum absolute atomic E-state index is 11.1. The van der Waals surface area contributed by atoms with Gasteiger partial charge in [-0.2, -0.15) is 0 Å². The summed E-state index contributed by atoms with van der Waals surface area (Å²) in [4.78, 5) is 11.1. The first-order valence-corrected chi connectivity index (χ1v) is 5.25. The van der Waals surface area contributed by atoms with Crippen LogP contribution in [0.5, 0.6) is 0 Å². The van der Waals surface area contributed by atoms with E-state index in [-0.39, 0.29) is 18.3 Å². The zero-order chi connectivity index (χ0) is 11.3. The molecule has 0 saturated heterocycles. The molecule has 0 saturated carbocycles. The van der Waals surface area contributed by atoms with Gasteiger partial charge in [-0.3, -0.25) is 4.79 Å². The minimum atomic E-state index is -0.449. The van der Waals surface area contributed by atoms with E-state index in [1.807, 2.05) is 24.3 Å². The second-order valence-corrected chi connectivity index (χ2v) is 3.89. The molecule has 0 bridgehead atoms. The number of rotatable bonds is 4. The largest absolute Gasteiger partial charge is 0.354 e. The number of hydrogen-bond donors (Lipinski definition) is 2. The van der Waals surface area contributed by atoms with Crippen molar-refractivity contribution in [1.29, 1.82) is 0 Å². The molecule has 1 aromatic carbocycles. The van der Waals surface area contributed by atoms with Crippen LogP contribution in [0, 0.1) is 0 Å². The van der Waals surface area contributed by atoms with E-state index < -0.39 is 6.04 Å². The predicted molar refractivity (Wildman–Crippen MR) is 69.1 cm³/mol. The molecule has 3 N–H and O–H groups in total. The zero-order valence-electron chi connectivity index (χ0n) is 9.07. The summed E-state index contributed by atoms with van der Waals surface area (Å²) in [6, 6.07) is 7.12. The molecule has 0 heterocycles. The second kappa shape index (κ2) is 7.49. The monoisotopic (exact) mass is 262 g/mol. The summed E-state index contributed by atoms with van der Waals surface area (Å²) in [6.07, 6.45) is 0.787. The number of hydrogen-bond acceptors (Lipinski definition) is 2. The van der Waals surface area contributed by atoms with E-state index in [2.05, 4.69) is 5.32 Å². The smallest absolute Gasteiger partial charge is 0.236 e. The first kappa shape index (κ1) is 15.2. The van der Waals surface area contributed by atoms with Crippen LogP contribution in [0.1, 0.15) is 12.5 Å². The van der Waals surface area contributed by atoms with Gasteiger partial charge in [0.25, 0.3) is 0 Å². The van der Waals surface area contributed by atoms with Gasteiger partial charge in [0.2, 0.25) is 5.91 Å². The van der Waals surface area contributed by atoms with Gasteiger partial charge in [0.15, 0.2) is 0 Å². The Morgan fingerprint density at radius 3 is 2.50 bits per heavy atom. The van der Waals surface area contributed by atoms with Crippen LogP contribution in [0.25, 0.3) is 0 Å². The fourth-order valence-electron chi connectivity index (χ4n) is 1.14. The van der Waals surface area contributed by atoms with Gasteiger partial charge in [0, 0.05) is 11.6 Å². The highest BCUT2D eigenvalue weighted by Crippen LogP contribution is 2.09. The molecule has 0 radical (unpaired) electrons. The van der Waals surface area contributed by atoms with E-state index in [1.165, 1.54) is 0 Å². The Morgan fingerprint density at radius 1 is 1.44 bits per heavy atom. The fourth-order valence-corrected chi connectivity index (χ4v) is 1.27. The van der Waals surface area contributed by atoms with Gasteiger partial charge >= 0.3 is 0 Å². The van der Waals surface area contributed by atoms with Crippen LogP contribution in [-0.4, -0.2) is 18.5 Å². The van der Waals surface area contributed by atoms with E-state index >= 15 is 0 Å². The molecule has 0 fully saturated rings. The Labute approximate surface area is 107 Å². The Hall–Kier alpha value is -0.770. The number of amides is 1. The van der Waals surface area contributed by atoms with Crippen LogP contribution in [-0.2, 0) is 11.2 Å². The van der Waals surface area contributed by atoms with Crippen molar-refractivity contribution in [2.75, 3.05) is 6.54 Å². The number of nitrogens with one attached hydrogen (secondary N) is 1. The molecule has 0 aromatic heterocycles. The van der Waals surface area contributed by atoms with E-state index in [0.717, 1.165) is 17.0 Å². The molecule has 1 unspecified atom stereocenters. The lowest BCUT2D eigenvalue weighted by Crippen LogP contribution is -2.39. The highest BCUT2D eigenvalue weighted by molar-refractivity contribution is 6.30. The number of carbonyl (C=O) groups is 1. The minimum Gasteiger partial charge on any atom is -0.354 e. The lowest BCUT2D eigenvalue weighted by atomic mass is 10.1. The maximum atomic E-state index is 11.1. The fraction of sp³-hybridized carbons (Fsp3) is 0.364. The van der Waals surface area contributed by atoms with Crippen LogP contribution in [0.4, 0.5) is 0 Å². The Bertz CT molecular complexity index is 325. The Morgan fingerprint density at radius 2 is 2.00 bits per heavy atom. The first-order valence-electron chi connectivity index (χ1n) is 4.87. The highest BCUT2D eigenvalue weighted by Gasteiger charge is 2.05. The molecule has 90 valence electrons.